The van der Waals surface area contributed by atoms with Crippen LogP contribution in [-0.2, 0) is 9.84 Å². The van der Waals surface area contributed by atoms with Gasteiger partial charge in [-0.3, -0.25) is 0 Å². The highest BCUT2D eigenvalue weighted by atomic mass is 32.2. The molecule has 0 saturated heterocycles. The summed E-state index contributed by atoms with van der Waals surface area (Å²) >= 11 is 0. The summed E-state index contributed by atoms with van der Waals surface area (Å²) in [6.07, 6.45) is 8.77. The number of nitrogens with zero attached hydrogens (tertiary/aromatic N) is 1. The molecular weight excluding hydrogens is 262 g/mol. The van der Waals surface area contributed by atoms with Crippen LogP contribution in [0.5, 0.6) is 0 Å². The molecule has 0 aromatic carbocycles. The fourth-order valence-electron chi connectivity index (χ4n) is 3.23. The lowest BCUT2D eigenvalue weighted by atomic mass is 9.81. The van der Waals surface area contributed by atoms with Crippen LogP contribution in [0.3, 0.4) is 0 Å². The Labute approximate surface area is 118 Å². The van der Waals surface area contributed by atoms with E-state index in [1.165, 1.54) is 19.1 Å². The van der Waals surface area contributed by atoms with Gasteiger partial charge >= 0.3 is 0 Å². The molecular formula is C14H29NO3S. The topological polar surface area (TPSA) is 57.6 Å². The van der Waals surface area contributed by atoms with Crippen LogP contribution in [0.25, 0.3) is 0 Å². The molecule has 114 valence electrons. The summed E-state index contributed by atoms with van der Waals surface area (Å²) in [5.74, 6) is 0.174. The molecule has 1 fully saturated rings. The van der Waals surface area contributed by atoms with Gasteiger partial charge in [0.25, 0.3) is 0 Å². The number of aliphatic hydroxyl groups excluding tert-OH is 1. The number of sulfone groups is 1. The van der Waals surface area contributed by atoms with Crippen LogP contribution in [0.4, 0.5) is 0 Å². The summed E-state index contributed by atoms with van der Waals surface area (Å²) in [6, 6.07) is 0. The minimum Gasteiger partial charge on any atom is -0.391 e. The average molecular weight is 291 g/mol. The first-order chi connectivity index (χ1) is 8.78. The van der Waals surface area contributed by atoms with Gasteiger partial charge in [-0.05, 0) is 39.8 Å². The summed E-state index contributed by atoms with van der Waals surface area (Å²) in [5, 5.41) is 10.6. The van der Waals surface area contributed by atoms with Crippen molar-refractivity contribution in [2.24, 2.45) is 0 Å². The van der Waals surface area contributed by atoms with Gasteiger partial charge in [0.15, 0.2) is 0 Å². The van der Waals surface area contributed by atoms with E-state index in [0.717, 1.165) is 25.7 Å². The minimum atomic E-state index is -2.92. The number of likely N-dealkylation sites (N-methyl/N-ethyl adjacent to an activating group) is 1. The molecule has 0 aromatic rings. The average Bonchev–Trinajstić information content (AvgIpc) is 2.53. The van der Waals surface area contributed by atoms with Gasteiger partial charge in [0.2, 0.25) is 0 Å². The second-order valence-electron chi connectivity index (χ2n) is 6.20. The summed E-state index contributed by atoms with van der Waals surface area (Å²) < 4.78 is 22.3. The quantitative estimate of drug-likeness (QED) is 0.759. The molecule has 0 spiro atoms. The fraction of sp³-hybridized carbons (Fsp3) is 1.00. The Morgan fingerprint density at radius 2 is 1.68 bits per heavy atom. The Morgan fingerprint density at radius 1 is 1.16 bits per heavy atom. The number of aliphatic hydroxyl groups is 1. The number of rotatable bonds is 6. The standard InChI is InChI=1S/C14H29NO3S/c1-15(2)14(10-6-4-5-7-11-14)13(16)9-8-12-19(3,17)18/h13,16H,4-12H2,1-3H3. The van der Waals surface area contributed by atoms with Gasteiger partial charge in [0.1, 0.15) is 9.84 Å². The number of hydrogen-bond donors (Lipinski definition) is 1. The molecule has 0 radical (unpaired) electrons. The smallest absolute Gasteiger partial charge is 0.147 e. The zero-order chi connectivity index (χ0) is 14.5. The molecule has 4 nitrogen and oxygen atoms in total. The molecule has 0 aromatic heterocycles. The van der Waals surface area contributed by atoms with Crippen LogP contribution in [0.2, 0.25) is 0 Å². The molecule has 5 heteroatoms. The van der Waals surface area contributed by atoms with Crippen LogP contribution in [0.15, 0.2) is 0 Å². The maximum atomic E-state index is 11.2. The maximum absolute atomic E-state index is 11.2. The van der Waals surface area contributed by atoms with E-state index in [9.17, 15) is 13.5 Å². The fourth-order valence-corrected chi connectivity index (χ4v) is 3.92. The number of hydrogen-bond acceptors (Lipinski definition) is 4. The SMILES string of the molecule is CN(C)C1(C(O)CCCS(C)(=O)=O)CCCCCC1. The van der Waals surface area contributed by atoms with Gasteiger partial charge in [0.05, 0.1) is 6.10 Å². The second-order valence-corrected chi connectivity index (χ2v) is 8.46. The normalized spacial score (nSPS) is 22.2. The summed E-state index contributed by atoms with van der Waals surface area (Å²) in [7, 11) is 1.14. The Bertz CT molecular complexity index is 357. The zero-order valence-corrected chi connectivity index (χ0v) is 13.4. The van der Waals surface area contributed by atoms with Crippen molar-refractivity contribution in [1.82, 2.24) is 4.90 Å². The van der Waals surface area contributed by atoms with E-state index in [4.69, 9.17) is 0 Å². The van der Waals surface area contributed by atoms with E-state index in [-0.39, 0.29) is 11.3 Å². The third kappa shape index (κ3) is 5.04. The first kappa shape index (κ1) is 16.9. The monoisotopic (exact) mass is 291 g/mol. The van der Waals surface area contributed by atoms with Crippen LogP contribution in [0.1, 0.15) is 51.4 Å². The van der Waals surface area contributed by atoms with Crippen LogP contribution >= 0.6 is 0 Å². The molecule has 1 atom stereocenters. The molecule has 1 rings (SSSR count). The first-order valence-electron chi connectivity index (χ1n) is 7.31. The Hall–Kier alpha value is -0.130. The van der Waals surface area contributed by atoms with E-state index in [2.05, 4.69) is 4.90 Å². The van der Waals surface area contributed by atoms with Gasteiger partial charge < -0.3 is 10.0 Å². The molecule has 0 heterocycles. The van der Waals surface area contributed by atoms with E-state index >= 15 is 0 Å². The highest BCUT2D eigenvalue weighted by Crippen LogP contribution is 2.35. The Morgan fingerprint density at radius 3 is 2.11 bits per heavy atom. The van der Waals surface area contributed by atoms with Gasteiger partial charge in [-0.15, -0.1) is 0 Å². The zero-order valence-electron chi connectivity index (χ0n) is 12.6. The molecule has 19 heavy (non-hydrogen) atoms. The lowest BCUT2D eigenvalue weighted by molar-refractivity contribution is -0.0225. The third-order valence-corrected chi connectivity index (χ3v) is 5.50. The van der Waals surface area contributed by atoms with E-state index < -0.39 is 15.9 Å². The van der Waals surface area contributed by atoms with Gasteiger partial charge in [-0.25, -0.2) is 8.42 Å². The molecule has 0 aliphatic heterocycles. The van der Waals surface area contributed by atoms with Gasteiger partial charge in [-0.2, -0.15) is 0 Å². The summed E-state index contributed by atoms with van der Waals surface area (Å²) in [5.41, 5.74) is -0.159. The van der Waals surface area contributed by atoms with Crippen LogP contribution < -0.4 is 0 Å². The summed E-state index contributed by atoms with van der Waals surface area (Å²) in [6.45, 7) is 0. The largest absolute Gasteiger partial charge is 0.391 e. The lowest BCUT2D eigenvalue weighted by Gasteiger charge is -2.43. The van der Waals surface area contributed by atoms with Crippen molar-refractivity contribution in [3.8, 4) is 0 Å². The highest BCUT2D eigenvalue weighted by molar-refractivity contribution is 7.90. The molecule has 1 unspecified atom stereocenters. The maximum Gasteiger partial charge on any atom is 0.147 e. The molecule has 1 aliphatic carbocycles. The Kier molecular flexibility index (Phi) is 6.27. The van der Waals surface area contributed by atoms with Crippen LogP contribution in [-0.4, -0.2) is 56.2 Å². The lowest BCUT2D eigenvalue weighted by Crippen LogP contribution is -2.53. The van der Waals surface area contributed by atoms with Crippen molar-refractivity contribution in [1.29, 1.82) is 0 Å². The van der Waals surface area contributed by atoms with Crippen molar-refractivity contribution < 1.29 is 13.5 Å². The minimum absolute atomic E-state index is 0.159. The second kappa shape index (κ2) is 7.04. The molecule has 1 aliphatic rings. The van der Waals surface area contributed by atoms with Crippen molar-refractivity contribution in [3.05, 3.63) is 0 Å². The molecule has 0 amide bonds. The van der Waals surface area contributed by atoms with Crippen molar-refractivity contribution in [2.45, 2.75) is 63.0 Å². The third-order valence-electron chi connectivity index (χ3n) is 4.47. The van der Waals surface area contributed by atoms with Crippen molar-refractivity contribution in [3.63, 3.8) is 0 Å². The Balaban J connectivity index is 2.64. The molecule has 0 bridgehead atoms. The first-order valence-corrected chi connectivity index (χ1v) is 9.37. The van der Waals surface area contributed by atoms with E-state index in [0.29, 0.717) is 12.8 Å². The predicted molar refractivity (Wildman–Crippen MR) is 79.1 cm³/mol. The van der Waals surface area contributed by atoms with E-state index in [1.54, 1.807) is 0 Å². The predicted octanol–water partition coefficient (Wildman–Crippen LogP) is 1.83. The molecule has 1 N–H and O–H groups in total. The van der Waals surface area contributed by atoms with Crippen LogP contribution in [0, 0.1) is 0 Å². The highest BCUT2D eigenvalue weighted by Gasteiger charge is 2.39. The van der Waals surface area contributed by atoms with Gasteiger partial charge in [0, 0.05) is 17.5 Å². The summed E-state index contributed by atoms with van der Waals surface area (Å²) in [4.78, 5) is 2.16. The van der Waals surface area contributed by atoms with E-state index in [1.807, 2.05) is 14.1 Å². The molecule has 1 saturated carbocycles. The van der Waals surface area contributed by atoms with Gasteiger partial charge in [-0.1, -0.05) is 25.7 Å². The van der Waals surface area contributed by atoms with Crippen molar-refractivity contribution >= 4 is 9.84 Å². The van der Waals surface area contributed by atoms with Crippen molar-refractivity contribution in [2.75, 3.05) is 26.1 Å².